The van der Waals surface area contributed by atoms with Crippen molar-refractivity contribution >= 4 is 11.9 Å². The van der Waals surface area contributed by atoms with Gasteiger partial charge in [0.2, 0.25) is 5.91 Å². The van der Waals surface area contributed by atoms with E-state index >= 15 is 0 Å². The molecular formula is C13H24N2O3. The minimum absolute atomic E-state index is 0.246. The number of hydrogen-bond donors (Lipinski definition) is 2. The molecule has 1 amide bonds. The summed E-state index contributed by atoms with van der Waals surface area (Å²) in [6.45, 7) is 7.96. The molecule has 1 rings (SSSR count). The van der Waals surface area contributed by atoms with Crippen molar-refractivity contribution in [3.63, 3.8) is 0 Å². The number of nitrogens with two attached hydrogens (primary N) is 1. The third kappa shape index (κ3) is 2.36. The van der Waals surface area contributed by atoms with Gasteiger partial charge in [0, 0.05) is 6.54 Å². The Labute approximate surface area is 108 Å². The summed E-state index contributed by atoms with van der Waals surface area (Å²) in [5.41, 5.74) is 4.55. The molecular weight excluding hydrogens is 232 g/mol. The molecule has 18 heavy (non-hydrogen) atoms. The molecule has 0 aromatic carbocycles. The molecule has 0 saturated carbocycles. The van der Waals surface area contributed by atoms with E-state index in [1.165, 1.54) is 4.90 Å². The van der Waals surface area contributed by atoms with Gasteiger partial charge in [-0.15, -0.1) is 0 Å². The first-order chi connectivity index (χ1) is 8.16. The molecule has 104 valence electrons. The molecule has 0 spiro atoms. The van der Waals surface area contributed by atoms with Crippen LogP contribution in [0.5, 0.6) is 0 Å². The Balaban J connectivity index is 3.01. The smallest absolute Gasteiger partial charge is 0.329 e. The fraction of sp³-hybridized carbons (Fsp3) is 0.846. The minimum atomic E-state index is -1.06. The maximum atomic E-state index is 12.4. The van der Waals surface area contributed by atoms with E-state index in [1.807, 2.05) is 27.7 Å². The van der Waals surface area contributed by atoms with Crippen LogP contribution in [-0.2, 0) is 9.59 Å². The number of aliphatic carboxylic acids is 1. The van der Waals surface area contributed by atoms with Gasteiger partial charge in [0.25, 0.3) is 0 Å². The molecule has 1 unspecified atom stereocenters. The van der Waals surface area contributed by atoms with E-state index in [1.54, 1.807) is 0 Å². The van der Waals surface area contributed by atoms with Gasteiger partial charge in [0.05, 0.1) is 6.04 Å². The van der Waals surface area contributed by atoms with E-state index in [9.17, 15) is 14.7 Å². The Bertz CT molecular complexity index is 349. The zero-order valence-corrected chi connectivity index (χ0v) is 11.7. The standard InChI is InChI=1S/C13H24N2O3/c1-5-13(11(17)18)7-6-8-15(13)10(16)9(14)12(2,3)4/h9H,5-8,14H2,1-4H3,(H,17,18)/t9-,13?/m1/s1. The molecule has 0 aromatic rings. The molecule has 5 heteroatoms. The Morgan fingerprint density at radius 2 is 2.00 bits per heavy atom. The van der Waals surface area contributed by atoms with E-state index in [-0.39, 0.29) is 11.3 Å². The molecule has 1 fully saturated rings. The first-order valence-corrected chi connectivity index (χ1v) is 6.47. The second-order valence-electron chi connectivity index (χ2n) is 6.13. The van der Waals surface area contributed by atoms with Gasteiger partial charge in [0.1, 0.15) is 5.54 Å². The van der Waals surface area contributed by atoms with Crippen LogP contribution < -0.4 is 5.73 Å². The van der Waals surface area contributed by atoms with Gasteiger partial charge in [0.15, 0.2) is 0 Å². The summed E-state index contributed by atoms with van der Waals surface area (Å²) in [6.07, 6.45) is 1.66. The van der Waals surface area contributed by atoms with Gasteiger partial charge in [-0.3, -0.25) is 4.79 Å². The first-order valence-electron chi connectivity index (χ1n) is 6.47. The summed E-state index contributed by atoms with van der Waals surface area (Å²) in [7, 11) is 0. The summed E-state index contributed by atoms with van der Waals surface area (Å²) in [4.78, 5) is 25.4. The maximum absolute atomic E-state index is 12.4. The average Bonchev–Trinajstić information content (AvgIpc) is 2.70. The second-order valence-corrected chi connectivity index (χ2v) is 6.13. The molecule has 3 N–H and O–H groups in total. The summed E-state index contributed by atoms with van der Waals surface area (Å²) in [5, 5.41) is 9.43. The number of likely N-dealkylation sites (tertiary alicyclic amines) is 1. The molecule has 1 saturated heterocycles. The first kappa shape index (κ1) is 15.0. The van der Waals surface area contributed by atoms with Crippen molar-refractivity contribution in [3.8, 4) is 0 Å². The van der Waals surface area contributed by atoms with Crippen LogP contribution in [0.15, 0.2) is 0 Å². The van der Waals surface area contributed by atoms with Crippen LogP contribution in [0.3, 0.4) is 0 Å². The molecule has 1 aliphatic rings. The number of carboxylic acids is 1. The average molecular weight is 256 g/mol. The number of carbonyl (C=O) groups is 2. The SMILES string of the molecule is CCC1(C(=O)O)CCCN1C(=O)[C@@H](N)C(C)(C)C. The third-order valence-electron chi connectivity index (χ3n) is 3.94. The van der Waals surface area contributed by atoms with Gasteiger partial charge < -0.3 is 15.7 Å². The predicted molar refractivity (Wildman–Crippen MR) is 69.0 cm³/mol. The Morgan fingerprint density at radius 3 is 2.39 bits per heavy atom. The van der Waals surface area contributed by atoms with Gasteiger partial charge in [-0.25, -0.2) is 4.79 Å². The predicted octanol–water partition coefficient (Wildman–Crippen LogP) is 1.22. The molecule has 0 bridgehead atoms. The monoisotopic (exact) mass is 256 g/mol. The number of carbonyl (C=O) groups excluding carboxylic acids is 1. The summed E-state index contributed by atoms with van der Waals surface area (Å²) in [5.74, 6) is -1.17. The summed E-state index contributed by atoms with van der Waals surface area (Å²) in [6, 6.07) is -0.666. The van der Waals surface area contributed by atoms with Crippen LogP contribution in [0.25, 0.3) is 0 Å². The zero-order valence-electron chi connectivity index (χ0n) is 11.7. The van der Waals surface area contributed by atoms with Crippen molar-refractivity contribution in [2.75, 3.05) is 6.54 Å². The topological polar surface area (TPSA) is 83.6 Å². The molecule has 0 aliphatic carbocycles. The Hall–Kier alpha value is -1.10. The molecule has 0 aromatic heterocycles. The van der Waals surface area contributed by atoms with Crippen molar-refractivity contribution < 1.29 is 14.7 Å². The maximum Gasteiger partial charge on any atom is 0.329 e. The Kier molecular flexibility index (Phi) is 4.05. The van der Waals surface area contributed by atoms with E-state index < -0.39 is 17.6 Å². The van der Waals surface area contributed by atoms with Crippen molar-refractivity contribution in [3.05, 3.63) is 0 Å². The van der Waals surface area contributed by atoms with Crippen LogP contribution in [0.4, 0.5) is 0 Å². The van der Waals surface area contributed by atoms with Gasteiger partial charge in [-0.05, 0) is 24.7 Å². The van der Waals surface area contributed by atoms with Crippen LogP contribution in [-0.4, -0.2) is 40.0 Å². The Morgan fingerprint density at radius 1 is 1.44 bits per heavy atom. The van der Waals surface area contributed by atoms with Crippen LogP contribution in [0.1, 0.15) is 47.0 Å². The highest BCUT2D eigenvalue weighted by molar-refractivity contribution is 5.90. The molecule has 1 heterocycles. The lowest BCUT2D eigenvalue weighted by atomic mass is 9.85. The summed E-state index contributed by atoms with van der Waals surface area (Å²) < 4.78 is 0. The summed E-state index contributed by atoms with van der Waals surface area (Å²) >= 11 is 0. The van der Waals surface area contributed by atoms with Crippen molar-refractivity contribution in [1.29, 1.82) is 0 Å². The fourth-order valence-electron chi connectivity index (χ4n) is 2.48. The van der Waals surface area contributed by atoms with E-state index in [4.69, 9.17) is 5.73 Å². The normalized spacial score (nSPS) is 26.2. The molecule has 0 radical (unpaired) electrons. The fourth-order valence-corrected chi connectivity index (χ4v) is 2.48. The number of carboxylic acid groups (broad SMARTS) is 1. The highest BCUT2D eigenvalue weighted by Gasteiger charge is 2.50. The lowest BCUT2D eigenvalue weighted by Crippen LogP contribution is -2.59. The van der Waals surface area contributed by atoms with Crippen molar-refractivity contribution in [2.45, 2.75) is 58.5 Å². The number of amides is 1. The minimum Gasteiger partial charge on any atom is -0.479 e. The highest BCUT2D eigenvalue weighted by atomic mass is 16.4. The van der Waals surface area contributed by atoms with E-state index in [0.29, 0.717) is 19.4 Å². The van der Waals surface area contributed by atoms with Crippen LogP contribution >= 0.6 is 0 Å². The van der Waals surface area contributed by atoms with E-state index in [2.05, 4.69) is 0 Å². The highest BCUT2D eigenvalue weighted by Crippen LogP contribution is 2.34. The lowest BCUT2D eigenvalue weighted by molar-refractivity contribution is -0.158. The second kappa shape index (κ2) is 4.88. The molecule has 2 atom stereocenters. The molecule has 1 aliphatic heterocycles. The van der Waals surface area contributed by atoms with Crippen LogP contribution in [0.2, 0.25) is 0 Å². The van der Waals surface area contributed by atoms with Gasteiger partial charge in [-0.1, -0.05) is 27.7 Å². The van der Waals surface area contributed by atoms with Crippen molar-refractivity contribution in [1.82, 2.24) is 4.90 Å². The van der Waals surface area contributed by atoms with E-state index in [0.717, 1.165) is 6.42 Å². The number of rotatable bonds is 3. The van der Waals surface area contributed by atoms with Gasteiger partial charge in [-0.2, -0.15) is 0 Å². The quantitative estimate of drug-likeness (QED) is 0.795. The largest absolute Gasteiger partial charge is 0.479 e. The van der Waals surface area contributed by atoms with Crippen molar-refractivity contribution in [2.24, 2.45) is 11.1 Å². The molecule has 5 nitrogen and oxygen atoms in total. The van der Waals surface area contributed by atoms with Gasteiger partial charge >= 0.3 is 5.97 Å². The van der Waals surface area contributed by atoms with Crippen LogP contribution in [0, 0.1) is 5.41 Å². The number of hydrogen-bond acceptors (Lipinski definition) is 3. The number of nitrogens with zero attached hydrogens (tertiary/aromatic N) is 1. The zero-order chi connectivity index (χ0) is 14.1. The lowest BCUT2D eigenvalue weighted by Gasteiger charge is -2.38. The third-order valence-corrected chi connectivity index (χ3v) is 3.94.